The minimum absolute atomic E-state index is 0.0651. The largest absolute Gasteiger partial charge is 0.334 e. The zero-order chi connectivity index (χ0) is 18.2. The first-order valence-electron chi connectivity index (χ1n) is 10.1. The first kappa shape index (κ1) is 16.8. The summed E-state index contributed by atoms with van der Waals surface area (Å²) >= 11 is 0. The van der Waals surface area contributed by atoms with Crippen molar-refractivity contribution in [2.75, 3.05) is 26.2 Å². The van der Waals surface area contributed by atoms with E-state index in [0.717, 1.165) is 25.1 Å². The quantitative estimate of drug-likeness (QED) is 0.894. The van der Waals surface area contributed by atoms with Crippen molar-refractivity contribution in [2.24, 2.45) is 5.92 Å². The van der Waals surface area contributed by atoms with Crippen molar-refractivity contribution in [1.82, 2.24) is 20.1 Å². The summed E-state index contributed by atoms with van der Waals surface area (Å²) in [6.45, 7) is 4.11. The summed E-state index contributed by atoms with van der Waals surface area (Å²) in [4.78, 5) is 22.1. The molecule has 0 radical (unpaired) electrons. The topological polar surface area (TPSA) is 48.5 Å². The van der Waals surface area contributed by atoms with E-state index in [2.05, 4.69) is 45.5 Å². The Morgan fingerprint density at radius 2 is 1.93 bits per heavy atom. The van der Waals surface area contributed by atoms with Crippen LogP contribution in [0.1, 0.15) is 35.6 Å². The highest BCUT2D eigenvalue weighted by Crippen LogP contribution is 2.35. The Morgan fingerprint density at radius 1 is 1.07 bits per heavy atom. The Balaban J connectivity index is 1.43. The Hall–Kier alpha value is -2.40. The maximum atomic E-state index is 13.3. The Kier molecular flexibility index (Phi) is 4.32. The Morgan fingerprint density at radius 3 is 2.67 bits per heavy atom. The van der Waals surface area contributed by atoms with Crippen LogP contribution < -0.4 is 5.32 Å². The van der Waals surface area contributed by atoms with Crippen molar-refractivity contribution >= 4 is 6.03 Å². The molecule has 1 aromatic carbocycles. The van der Waals surface area contributed by atoms with Gasteiger partial charge in [-0.2, -0.15) is 0 Å². The maximum absolute atomic E-state index is 13.3. The summed E-state index contributed by atoms with van der Waals surface area (Å²) < 4.78 is 0. The number of pyridine rings is 1. The molecule has 2 atom stereocenters. The van der Waals surface area contributed by atoms with Gasteiger partial charge in [0.05, 0.1) is 6.04 Å². The number of hydrogen-bond acceptors (Lipinski definition) is 3. The fourth-order valence-corrected chi connectivity index (χ4v) is 5.05. The lowest BCUT2D eigenvalue weighted by Crippen LogP contribution is -2.59. The highest BCUT2D eigenvalue weighted by Gasteiger charge is 2.38. The molecule has 5 heteroatoms. The highest BCUT2D eigenvalue weighted by atomic mass is 16.2. The number of nitrogens with one attached hydrogen (secondary N) is 1. The number of urea groups is 1. The van der Waals surface area contributed by atoms with E-state index in [4.69, 9.17) is 0 Å². The third-order valence-electron chi connectivity index (χ3n) is 6.51. The van der Waals surface area contributed by atoms with Crippen molar-refractivity contribution in [3.05, 3.63) is 65.5 Å². The predicted molar refractivity (Wildman–Crippen MR) is 104 cm³/mol. The molecule has 0 aliphatic carbocycles. The van der Waals surface area contributed by atoms with E-state index in [9.17, 15) is 4.79 Å². The van der Waals surface area contributed by atoms with Crippen molar-refractivity contribution in [1.29, 1.82) is 0 Å². The average Bonchev–Trinajstić information content (AvgIpc) is 2.74. The standard InChI is InChI=1S/C22H26N4O/c27-22(24-20-15-25-11-7-17(20)8-12-25)26-13-9-16-4-1-2-6-19(16)21(26)18-5-3-10-23-14-18/h1-6,10,14,17,20-21H,7-9,11-13,15H2,(H,24,27)/t20-,21+/m1/s1. The lowest BCUT2D eigenvalue weighted by Gasteiger charge is -2.46. The van der Waals surface area contributed by atoms with Gasteiger partial charge in [-0.15, -0.1) is 0 Å². The second-order valence-corrected chi connectivity index (χ2v) is 8.03. The van der Waals surface area contributed by atoms with Crippen molar-refractivity contribution in [3.63, 3.8) is 0 Å². The minimum Gasteiger partial charge on any atom is -0.334 e. The highest BCUT2D eigenvalue weighted by molar-refractivity contribution is 5.76. The molecule has 0 unspecified atom stereocenters. The van der Waals surface area contributed by atoms with Crippen LogP contribution in [0, 0.1) is 5.92 Å². The summed E-state index contributed by atoms with van der Waals surface area (Å²) in [5.41, 5.74) is 3.63. The lowest BCUT2D eigenvalue weighted by atomic mass is 9.84. The van der Waals surface area contributed by atoms with Gasteiger partial charge in [0, 0.05) is 31.5 Å². The van der Waals surface area contributed by atoms with Gasteiger partial charge in [-0.3, -0.25) is 4.98 Å². The molecule has 2 amide bonds. The van der Waals surface area contributed by atoms with Crippen molar-refractivity contribution in [2.45, 2.75) is 31.3 Å². The summed E-state index contributed by atoms with van der Waals surface area (Å²) in [5.74, 6) is 0.632. The van der Waals surface area contributed by atoms with Gasteiger partial charge in [0.1, 0.15) is 0 Å². The molecular formula is C22H26N4O. The normalized spacial score (nSPS) is 29.3. The summed E-state index contributed by atoms with van der Waals surface area (Å²) in [5, 5.41) is 3.38. The second-order valence-electron chi connectivity index (χ2n) is 8.03. The molecule has 5 nitrogen and oxygen atoms in total. The Bertz CT molecular complexity index is 816. The molecule has 140 valence electrons. The zero-order valence-corrected chi connectivity index (χ0v) is 15.6. The summed E-state index contributed by atoms with van der Waals surface area (Å²) in [7, 11) is 0. The van der Waals surface area contributed by atoms with E-state index in [1.165, 1.54) is 37.1 Å². The molecule has 5 heterocycles. The van der Waals surface area contributed by atoms with Gasteiger partial charge in [-0.1, -0.05) is 30.3 Å². The van der Waals surface area contributed by atoms with Crippen LogP contribution in [0.3, 0.4) is 0 Å². The summed E-state index contributed by atoms with van der Waals surface area (Å²) in [6.07, 6.45) is 7.00. The van der Waals surface area contributed by atoms with Crippen LogP contribution in [-0.4, -0.2) is 53.0 Å². The van der Waals surface area contributed by atoms with Gasteiger partial charge in [0.2, 0.25) is 0 Å². The van der Waals surface area contributed by atoms with E-state index >= 15 is 0 Å². The zero-order valence-electron chi connectivity index (χ0n) is 15.6. The van der Waals surface area contributed by atoms with E-state index in [-0.39, 0.29) is 18.1 Å². The smallest absolute Gasteiger partial charge is 0.318 e. The van der Waals surface area contributed by atoms with Crippen LogP contribution in [0.15, 0.2) is 48.8 Å². The van der Waals surface area contributed by atoms with Crippen LogP contribution >= 0.6 is 0 Å². The van der Waals surface area contributed by atoms with Gasteiger partial charge < -0.3 is 15.1 Å². The number of piperidine rings is 3. The number of amides is 2. The number of benzene rings is 1. The molecule has 0 saturated carbocycles. The molecule has 4 aliphatic rings. The number of fused-ring (bicyclic) bond motifs is 4. The van der Waals surface area contributed by atoms with Crippen LogP contribution in [0.4, 0.5) is 4.79 Å². The van der Waals surface area contributed by atoms with Crippen LogP contribution in [0.2, 0.25) is 0 Å². The Labute approximate surface area is 160 Å². The number of nitrogens with zero attached hydrogens (tertiary/aromatic N) is 3. The second kappa shape index (κ2) is 6.97. The molecular weight excluding hydrogens is 336 g/mol. The fourth-order valence-electron chi connectivity index (χ4n) is 5.05. The fraction of sp³-hybridized carbons (Fsp3) is 0.455. The first-order chi connectivity index (χ1) is 13.3. The molecule has 3 fully saturated rings. The molecule has 0 spiro atoms. The molecule has 2 aromatic rings. The molecule has 1 N–H and O–H groups in total. The summed E-state index contributed by atoms with van der Waals surface area (Å²) in [6, 6.07) is 12.8. The van der Waals surface area contributed by atoms with E-state index in [0.29, 0.717) is 5.92 Å². The third-order valence-corrected chi connectivity index (χ3v) is 6.51. The van der Waals surface area contributed by atoms with Gasteiger partial charge >= 0.3 is 6.03 Å². The van der Waals surface area contributed by atoms with Gasteiger partial charge in [-0.05, 0) is 61.0 Å². The van der Waals surface area contributed by atoms with Gasteiger partial charge in [-0.25, -0.2) is 4.79 Å². The van der Waals surface area contributed by atoms with Gasteiger partial charge in [0.15, 0.2) is 0 Å². The molecule has 1 aromatic heterocycles. The number of hydrogen-bond donors (Lipinski definition) is 1. The minimum atomic E-state index is -0.0651. The number of carbonyl (C=O) groups is 1. The molecule has 3 saturated heterocycles. The van der Waals surface area contributed by atoms with E-state index < -0.39 is 0 Å². The van der Waals surface area contributed by atoms with E-state index in [1.807, 2.05) is 17.2 Å². The van der Waals surface area contributed by atoms with E-state index in [1.54, 1.807) is 6.20 Å². The molecule has 2 bridgehead atoms. The van der Waals surface area contributed by atoms with Crippen LogP contribution in [-0.2, 0) is 6.42 Å². The SMILES string of the molecule is O=C(N[C@@H]1CN2CCC1CC2)N1CCc2ccccc2[C@@H]1c1cccnc1. The molecule has 27 heavy (non-hydrogen) atoms. The number of aromatic nitrogens is 1. The van der Waals surface area contributed by atoms with Crippen molar-refractivity contribution in [3.8, 4) is 0 Å². The predicted octanol–water partition coefficient (Wildman–Crippen LogP) is 2.83. The third kappa shape index (κ3) is 3.10. The monoisotopic (exact) mass is 362 g/mol. The van der Waals surface area contributed by atoms with Crippen LogP contribution in [0.25, 0.3) is 0 Å². The van der Waals surface area contributed by atoms with Crippen LogP contribution in [0.5, 0.6) is 0 Å². The lowest BCUT2D eigenvalue weighted by molar-refractivity contribution is 0.0715. The average molecular weight is 362 g/mol. The number of carbonyl (C=O) groups excluding carboxylic acids is 1. The maximum Gasteiger partial charge on any atom is 0.318 e. The molecule has 6 rings (SSSR count). The van der Waals surface area contributed by atoms with Crippen molar-refractivity contribution < 1.29 is 4.79 Å². The molecule has 4 aliphatic heterocycles. The van der Waals surface area contributed by atoms with Gasteiger partial charge in [0.25, 0.3) is 0 Å². The number of rotatable bonds is 2. The first-order valence-corrected chi connectivity index (χ1v) is 10.1.